The Labute approximate surface area is 302 Å². The van der Waals surface area contributed by atoms with Gasteiger partial charge in [-0.05, 0) is 112 Å². The Morgan fingerprint density at radius 2 is 1.69 bits per heavy atom. The molecule has 3 amide bonds. The molecule has 0 bridgehead atoms. The number of nitrogens with zero attached hydrogens (tertiary/aromatic N) is 1. The van der Waals surface area contributed by atoms with E-state index < -0.39 is 17.6 Å². The molecule has 1 saturated heterocycles. The molecule has 4 aromatic rings. The molecule has 3 aromatic carbocycles. The summed E-state index contributed by atoms with van der Waals surface area (Å²) in [5.74, 6) is -0.174. The smallest absolute Gasteiger partial charge is 0.410 e. The second-order valence-corrected chi connectivity index (χ2v) is 14.6. The Kier molecular flexibility index (Phi) is 12.5. The van der Waals surface area contributed by atoms with Crippen LogP contribution >= 0.6 is 11.3 Å². The van der Waals surface area contributed by atoms with Crippen molar-refractivity contribution < 1.29 is 33.4 Å². The van der Waals surface area contributed by atoms with Gasteiger partial charge in [-0.1, -0.05) is 30.3 Å². The first-order valence-corrected chi connectivity index (χ1v) is 18.0. The van der Waals surface area contributed by atoms with Crippen LogP contribution in [0.2, 0.25) is 0 Å². The van der Waals surface area contributed by atoms with Gasteiger partial charge in [-0.2, -0.15) is 0 Å². The van der Waals surface area contributed by atoms with Crippen LogP contribution in [-0.4, -0.2) is 66.7 Å². The number of carbonyl (C=O) groups is 4. The number of ether oxygens (including phenoxy) is 3. The van der Waals surface area contributed by atoms with Gasteiger partial charge in [-0.15, -0.1) is 11.3 Å². The SMILES string of the molecule is CCOC(=O)/C=C/c1cc2cc(NC(=O)C(Cc3ccccc3)NC(=O)c3ccc(OCC4CCN(C(=O)OC(C)(C)C)CC4)cc3)ccc2s1. The predicted molar refractivity (Wildman–Crippen MR) is 200 cm³/mol. The summed E-state index contributed by atoms with van der Waals surface area (Å²) in [6.07, 6.45) is 4.77. The lowest BCUT2D eigenvalue weighted by molar-refractivity contribution is -0.137. The Bertz CT molecular complexity index is 1840. The van der Waals surface area contributed by atoms with Gasteiger partial charge in [0.1, 0.15) is 17.4 Å². The van der Waals surface area contributed by atoms with Gasteiger partial charge in [0.05, 0.1) is 13.2 Å². The molecule has 5 rings (SSSR count). The Morgan fingerprint density at radius 1 is 0.961 bits per heavy atom. The van der Waals surface area contributed by atoms with Crippen molar-refractivity contribution in [2.24, 2.45) is 5.92 Å². The Morgan fingerprint density at radius 3 is 2.37 bits per heavy atom. The number of thiophene rings is 1. The van der Waals surface area contributed by atoms with Crippen LogP contribution in [0, 0.1) is 5.92 Å². The van der Waals surface area contributed by atoms with Crippen molar-refractivity contribution in [2.45, 2.75) is 58.6 Å². The van der Waals surface area contributed by atoms with Gasteiger partial charge in [0.25, 0.3) is 5.91 Å². The van der Waals surface area contributed by atoms with Crippen molar-refractivity contribution in [1.29, 1.82) is 0 Å². The standard InChI is InChI=1S/C40H45N3O7S/c1-5-48-36(44)18-16-33-25-30-24-31(13-17-35(30)51-33)41-38(46)34(23-27-9-7-6-8-10-27)42-37(45)29-11-14-32(15-12-29)49-26-28-19-21-43(22-20-28)39(47)50-40(2,3)4/h6-18,24-25,28,34H,5,19-23,26H2,1-4H3,(H,41,46)(H,42,45)/b18-16+. The maximum atomic E-state index is 13.6. The fourth-order valence-electron chi connectivity index (χ4n) is 5.62. The molecule has 2 N–H and O–H groups in total. The summed E-state index contributed by atoms with van der Waals surface area (Å²) in [6, 6.07) is 23.1. The molecule has 11 heteroatoms. The molecule has 10 nitrogen and oxygen atoms in total. The highest BCUT2D eigenvalue weighted by Gasteiger charge is 2.27. The highest BCUT2D eigenvalue weighted by atomic mass is 32.1. The first kappa shape index (κ1) is 37.1. The number of amides is 3. The zero-order valence-corrected chi connectivity index (χ0v) is 30.3. The monoisotopic (exact) mass is 711 g/mol. The van der Waals surface area contributed by atoms with E-state index in [9.17, 15) is 19.2 Å². The lowest BCUT2D eigenvalue weighted by Crippen LogP contribution is -2.45. The van der Waals surface area contributed by atoms with E-state index in [-0.39, 0.29) is 17.9 Å². The van der Waals surface area contributed by atoms with Crippen LogP contribution < -0.4 is 15.4 Å². The first-order chi connectivity index (χ1) is 24.5. The molecule has 1 unspecified atom stereocenters. The van der Waals surface area contributed by atoms with E-state index in [0.717, 1.165) is 33.4 Å². The number of hydrogen-bond donors (Lipinski definition) is 2. The molecule has 1 fully saturated rings. The van der Waals surface area contributed by atoms with Crippen molar-refractivity contribution in [2.75, 3.05) is 31.6 Å². The Hall–Kier alpha value is -5.16. The average molecular weight is 712 g/mol. The molecule has 51 heavy (non-hydrogen) atoms. The van der Waals surface area contributed by atoms with Crippen LogP contribution in [0.15, 0.2) is 84.9 Å². The number of rotatable bonds is 12. The molecule has 1 aromatic heterocycles. The number of fused-ring (bicyclic) bond motifs is 1. The molecule has 1 aliphatic rings. The van der Waals surface area contributed by atoms with Gasteiger partial charge in [0, 0.05) is 46.4 Å². The van der Waals surface area contributed by atoms with Gasteiger partial charge in [-0.25, -0.2) is 9.59 Å². The second kappa shape index (κ2) is 17.2. The van der Waals surface area contributed by atoms with Crippen LogP contribution in [0.25, 0.3) is 16.2 Å². The van der Waals surface area contributed by atoms with Crippen molar-refractivity contribution in [3.05, 3.63) is 101 Å². The molecular weight excluding hydrogens is 667 g/mol. The predicted octanol–water partition coefficient (Wildman–Crippen LogP) is 7.48. The molecule has 1 atom stereocenters. The zero-order valence-electron chi connectivity index (χ0n) is 29.5. The molecular formula is C40H45N3O7S. The average Bonchev–Trinajstić information content (AvgIpc) is 3.52. The van der Waals surface area contributed by atoms with Gasteiger partial charge < -0.3 is 29.7 Å². The molecule has 0 saturated carbocycles. The third-order valence-electron chi connectivity index (χ3n) is 8.25. The van der Waals surface area contributed by atoms with E-state index in [4.69, 9.17) is 14.2 Å². The number of carbonyl (C=O) groups excluding carboxylic acids is 4. The normalized spacial score (nSPS) is 14.2. The highest BCUT2D eigenvalue weighted by Crippen LogP contribution is 2.29. The van der Waals surface area contributed by atoms with Crippen LogP contribution in [0.1, 0.15) is 61.3 Å². The molecule has 0 aliphatic carbocycles. The molecule has 2 heterocycles. The fourth-order valence-corrected chi connectivity index (χ4v) is 6.57. The summed E-state index contributed by atoms with van der Waals surface area (Å²) >= 11 is 1.52. The molecule has 268 valence electrons. The number of likely N-dealkylation sites (tertiary alicyclic amines) is 1. The lowest BCUT2D eigenvalue weighted by atomic mass is 9.98. The van der Waals surface area contributed by atoms with Crippen molar-refractivity contribution >= 4 is 57.1 Å². The van der Waals surface area contributed by atoms with E-state index in [0.29, 0.717) is 55.6 Å². The summed E-state index contributed by atoms with van der Waals surface area (Å²) in [7, 11) is 0. The largest absolute Gasteiger partial charge is 0.493 e. The van der Waals surface area contributed by atoms with Crippen LogP contribution in [0.5, 0.6) is 5.75 Å². The number of anilines is 1. The highest BCUT2D eigenvalue weighted by molar-refractivity contribution is 7.19. The van der Waals surface area contributed by atoms with Gasteiger partial charge in [0.2, 0.25) is 5.91 Å². The number of hydrogen-bond acceptors (Lipinski definition) is 8. The minimum Gasteiger partial charge on any atom is -0.493 e. The first-order valence-electron chi connectivity index (χ1n) is 17.2. The van der Waals surface area contributed by atoms with Crippen LogP contribution in [0.4, 0.5) is 10.5 Å². The summed E-state index contributed by atoms with van der Waals surface area (Å²) in [5.41, 5.74) is 1.39. The summed E-state index contributed by atoms with van der Waals surface area (Å²) in [4.78, 5) is 53.8. The van der Waals surface area contributed by atoms with Crippen molar-refractivity contribution in [3.63, 3.8) is 0 Å². The van der Waals surface area contributed by atoms with E-state index in [1.54, 1.807) is 42.2 Å². The maximum Gasteiger partial charge on any atom is 0.410 e. The molecule has 0 radical (unpaired) electrons. The number of benzene rings is 3. The van der Waals surface area contributed by atoms with E-state index in [1.807, 2.05) is 75.4 Å². The third kappa shape index (κ3) is 11.2. The summed E-state index contributed by atoms with van der Waals surface area (Å²) in [5, 5.41) is 6.81. The van der Waals surface area contributed by atoms with Crippen molar-refractivity contribution in [3.8, 4) is 5.75 Å². The maximum absolute atomic E-state index is 13.6. The van der Waals surface area contributed by atoms with E-state index in [2.05, 4.69) is 10.6 Å². The summed E-state index contributed by atoms with van der Waals surface area (Å²) < 4.78 is 17.5. The molecule has 0 spiro atoms. The zero-order chi connectivity index (χ0) is 36.4. The topological polar surface area (TPSA) is 123 Å². The number of esters is 1. The quantitative estimate of drug-likeness (QED) is 0.115. The minimum atomic E-state index is -0.844. The van der Waals surface area contributed by atoms with Crippen molar-refractivity contribution in [1.82, 2.24) is 10.2 Å². The van der Waals surface area contributed by atoms with Gasteiger partial charge >= 0.3 is 12.1 Å². The minimum absolute atomic E-state index is 0.282. The van der Waals surface area contributed by atoms with Gasteiger partial charge in [-0.3, -0.25) is 9.59 Å². The number of nitrogens with one attached hydrogen (secondary N) is 2. The Balaban J connectivity index is 1.18. The van der Waals surface area contributed by atoms with Gasteiger partial charge in [0.15, 0.2) is 0 Å². The van der Waals surface area contributed by atoms with Crippen LogP contribution in [0.3, 0.4) is 0 Å². The fraction of sp³-hybridized carbons (Fsp3) is 0.350. The second-order valence-electron chi connectivity index (χ2n) is 13.4. The van der Waals surface area contributed by atoms with Crippen LogP contribution in [-0.2, 0) is 25.5 Å². The number of piperidine rings is 1. The van der Waals surface area contributed by atoms with E-state index in [1.165, 1.54) is 17.4 Å². The van der Waals surface area contributed by atoms with E-state index >= 15 is 0 Å². The lowest BCUT2D eigenvalue weighted by Gasteiger charge is -2.33. The molecule has 1 aliphatic heterocycles. The third-order valence-corrected chi connectivity index (χ3v) is 9.33. The summed E-state index contributed by atoms with van der Waals surface area (Å²) in [6.45, 7) is 9.42.